The predicted molar refractivity (Wildman–Crippen MR) is 78.2 cm³/mol. The van der Waals surface area contributed by atoms with E-state index in [1.807, 2.05) is 0 Å². The van der Waals surface area contributed by atoms with Crippen molar-refractivity contribution in [3.05, 3.63) is 40.1 Å². The lowest BCUT2D eigenvalue weighted by Gasteiger charge is -2.27. The van der Waals surface area contributed by atoms with E-state index in [1.54, 1.807) is 19.1 Å². The second-order valence-electron chi connectivity index (χ2n) is 5.32. The highest BCUT2D eigenvalue weighted by Crippen LogP contribution is 2.22. The number of aromatic amines is 1. The van der Waals surface area contributed by atoms with Crippen LogP contribution in [0.3, 0.4) is 0 Å². The third-order valence-electron chi connectivity index (χ3n) is 3.68. The van der Waals surface area contributed by atoms with Crippen LogP contribution in [0.1, 0.15) is 12.6 Å². The first kappa shape index (κ1) is 14.1. The second-order valence-corrected chi connectivity index (χ2v) is 5.32. The van der Waals surface area contributed by atoms with E-state index in [4.69, 9.17) is 0 Å². The number of fused-ring (bicyclic) bond motifs is 1. The quantitative estimate of drug-likeness (QED) is 0.569. The molecule has 1 aromatic heterocycles. The number of aromatic nitrogens is 1. The maximum absolute atomic E-state index is 11.9. The number of rotatable bonds is 3. The largest absolute Gasteiger partial charge is 0.358 e. The number of amides is 2. The molecular formula is C14H14N4O4. The molecule has 114 valence electrons. The number of nitrogens with zero attached hydrogens (tertiary/aromatic N) is 1. The molecule has 1 saturated heterocycles. The van der Waals surface area contributed by atoms with Crippen LogP contribution in [0.25, 0.3) is 10.9 Å². The SMILES string of the molecule is CC1NC(=O)C(Cc2cc3cc([N+](=O)[O-])ccc3[nH]2)NC1=O. The summed E-state index contributed by atoms with van der Waals surface area (Å²) in [6, 6.07) is 5.08. The van der Waals surface area contributed by atoms with Gasteiger partial charge in [-0.3, -0.25) is 19.7 Å². The van der Waals surface area contributed by atoms with E-state index >= 15 is 0 Å². The molecular weight excluding hydrogens is 288 g/mol. The number of carbonyl (C=O) groups is 2. The van der Waals surface area contributed by atoms with Gasteiger partial charge < -0.3 is 15.6 Å². The Morgan fingerprint density at radius 1 is 1.18 bits per heavy atom. The van der Waals surface area contributed by atoms with Crippen molar-refractivity contribution in [1.82, 2.24) is 15.6 Å². The number of nitro benzene ring substituents is 1. The number of benzene rings is 1. The van der Waals surface area contributed by atoms with Crippen molar-refractivity contribution >= 4 is 28.4 Å². The fourth-order valence-electron chi connectivity index (χ4n) is 2.51. The molecule has 0 spiro atoms. The first-order valence-electron chi connectivity index (χ1n) is 6.81. The number of hydrogen-bond donors (Lipinski definition) is 3. The second kappa shape index (κ2) is 5.14. The zero-order valence-corrected chi connectivity index (χ0v) is 11.8. The van der Waals surface area contributed by atoms with Crippen molar-refractivity contribution in [2.45, 2.75) is 25.4 Å². The average molecular weight is 302 g/mol. The molecule has 2 aromatic rings. The van der Waals surface area contributed by atoms with Gasteiger partial charge in [0.25, 0.3) is 5.69 Å². The molecule has 2 amide bonds. The van der Waals surface area contributed by atoms with E-state index in [9.17, 15) is 19.7 Å². The summed E-state index contributed by atoms with van der Waals surface area (Å²) in [4.78, 5) is 36.9. The van der Waals surface area contributed by atoms with Gasteiger partial charge in [-0.15, -0.1) is 0 Å². The van der Waals surface area contributed by atoms with Crippen molar-refractivity contribution in [3.8, 4) is 0 Å². The molecule has 1 aromatic carbocycles. The molecule has 0 saturated carbocycles. The fourth-order valence-corrected chi connectivity index (χ4v) is 2.51. The zero-order chi connectivity index (χ0) is 15.9. The van der Waals surface area contributed by atoms with Crippen LogP contribution < -0.4 is 10.6 Å². The van der Waals surface area contributed by atoms with Crippen LogP contribution in [-0.2, 0) is 16.0 Å². The number of non-ortho nitro benzene ring substituents is 1. The Morgan fingerprint density at radius 3 is 2.68 bits per heavy atom. The minimum absolute atomic E-state index is 0.00980. The molecule has 8 heteroatoms. The lowest BCUT2D eigenvalue weighted by Crippen LogP contribution is -2.61. The molecule has 1 fully saturated rings. The monoisotopic (exact) mass is 302 g/mol. The zero-order valence-electron chi connectivity index (χ0n) is 11.8. The van der Waals surface area contributed by atoms with Gasteiger partial charge in [0, 0.05) is 35.2 Å². The van der Waals surface area contributed by atoms with Gasteiger partial charge in [0.2, 0.25) is 11.8 Å². The predicted octanol–water partition coefficient (Wildman–Crippen LogP) is 0.622. The molecule has 3 rings (SSSR count). The third-order valence-corrected chi connectivity index (χ3v) is 3.68. The molecule has 3 N–H and O–H groups in total. The Labute approximate surface area is 125 Å². The maximum Gasteiger partial charge on any atom is 0.270 e. The number of hydrogen-bond acceptors (Lipinski definition) is 4. The number of nitrogens with one attached hydrogen (secondary N) is 3. The lowest BCUT2D eigenvalue weighted by atomic mass is 10.1. The topological polar surface area (TPSA) is 117 Å². The number of carbonyl (C=O) groups excluding carboxylic acids is 2. The normalized spacial score (nSPS) is 21.5. The number of nitro groups is 1. The molecule has 22 heavy (non-hydrogen) atoms. The van der Waals surface area contributed by atoms with Crippen LogP contribution in [0.2, 0.25) is 0 Å². The minimum Gasteiger partial charge on any atom is -0.358 e. The summed E-state index contributed by atoms with van der Waals surface area (Å²) in [5, 5.41) is 16.7. The van der Waals surface area contributed by atoms with E-state index in [2.05, 4.69) is 15.6 Å². The van der Waals surface area contributed by atoms with Crippen molar-refractivity contribution in [2.24, 2.45) is 0 Å². The van der Waals surface area contributed by atoms with E-state index in [0.29, 0.717) is 11.8 Å². The van der Waals surface area contributed by atoms with Gasteiger partial charge in [-0.2, -0.15) is 0 Å². The van der Waals surface area contributed by atoms with E-state index in [1.165, 1.54) is 12.1 Å². The Kier molecular flexibility index (Phi) is 3.28. The summed E-state index contributed by atoms with van der Waals surface area (Å²) >= 11 is 0. The van der Waals surface area contributed by atoms with Crippen molar-refractivity contribution < 1.29 is 14.5 Å². The summed E-state index contributed by atoms with van der Waals surface area (Å²) in [5.74, 6) is -0.465. The first-order chi connectivity index (χ1) is 10.4. The van der Waals surface area contributed by atoms with Gasteiger partial charge in [0.15, 0.2) is 0 Å². The minimum atomic E-state index is -0.647. The van der Waals surface area contributed by atoms with Gasteiger partial charge in [0.05, 0.1) is 4.92 Å². The van der Waals surface area contributed by atoms with Gasteiger partial charge in [-0.25, -0.2) is 0 Å². The van der Waals surface area contributed by atoms with Crippen LogP contribution in [-0.4, -0.2) is 33.8 Å². The molecule has 8 nitrogen and oxygen atoms in total. The molecule has 2 heterocycles. The fraction of sp³-hybridized carbons (Fsp3) is 0.286. The van der Waals surface area contributed by atoms with Gasteiger partial charge in [-0.05, 0) is 19.1 Å². The molecule has 1 aliphatic rings. The highest BCUT2D eigenvalue weighted by atomic mass is 16.6. The number of piperazine rings is 1. The van der Waals surface area contributed by atoms with Crippen LogP contribution in [0.4, 0.5) is 5.69 Å². The van der Waals surface area contributed by atoms with E-state index in [0.717, 1.165) is 11.2 Å². The smallest absolute Gasteiger partial charge is 0.270 e. The van der Waals surface area contributed by atoms with Crippen molar-refractivity contribution in [3.63, 3.8) is 0 Å². The van der Waals surface area contributed by atoms with Gasteiger partial charge >= 0.3 is 0 Å². The number of H-pyrrole nitrogens is 1. The first-order valence-corrected chi connectivity index (χ1v) is 6.81. The molecule has 1 aliphatic heterocycles. The lowest BCUT2D eigenvalue weighted by molar-refractivity contribution is -0.384. The Morgan fingerprint density at radius 2 is 1.95 bits per heavy atom. The Balaban J connectivity index is 1.83. The Bertz CT molecular complexity index is 782. The third kappa shape index (κ3) is 2.50. The Hall–Kier alpha value is -2.90. The molecule has 0 bridgehead atoms. The summed E-state index contributed by atoms with van der Waals surface area (Å²) in [6.07, 6.45) is 0.298. The van der Waals surface area contributed by atoms with Crippen LogP contribution >= 0.6 is 0 Å². The van der Waals surface area contributed by atoms with Gasteiger partial charge in [-0.1, -0.05) is 0 Å². The van der Waals surface area contributed by atoms with E-state index in [-0.39, 0.29) is 17.5 Å². The molecule has 0 radical (unpaired) electrons. The van der Waals surface area contributed by atoms with Crippen LogP contribution in [0, 0.1) is 10.1 Å². The molecule has 0 aliphatic carbocycles. The van der Waals surface area contributed by atoms with Crippen LogP contribution in [0.5, 0.6) is 0 Å². The maximum atomic E-state index is 11.9. The summed E-state index contributed by atoms with van der Waals surface area (Å²) < 4.78 is 0. The summed E-state index contributed by atoms with van der Waals surface area (Å²) in [7, 11) is 0. The standard InChI is InChI=1S/C14H14N4O4/c1-7-13(19)17-12(14(20)15-7)6-9-4-8-5-10(18(21)22)2-3-11(8)16-9/h2-5,7,12,16H,6H2,1H3,(H,15,20)(H,17,19). The summed E-state index contributed by atoms with van der Waals surface area (Å²) in [6.45, 7) is 1.62. The molecule has 2 unspecified atom stereocenters. The van der Waals surface area contributed by atoms with E-state index < -0.39 is 17.0 Å². The summed E-state index contributed by atoms with van der Waals surface area (Å²) in [5.41, 5.74) is 1.48. The van der Waals surface area contributed by atoms with Crippen LogP contribution in [0.15, 0.2) is 24.3 Å². The highest BCUT2D eigenvalue weighted by Gasteiger charge is 2.31. The highest BCUT2D eigenvalue weighted by molar-refractivity contribution is 5.96. The average Bonchev–Trinajstić information content (AvgIpc) is 2.85. The van der Waals surface area contributed by atoms with Gasteiger partial charge in [0.1, 0.15) is 12.1 Å². The van der Waals surface area contributed by atoms with Crippen molar-refractivity contribution in [2.75, 3.05) is 0 Å². The van der Waals surface area contributed by atoms with Crippen molar-refractivity contribution in [1.29, 1.82) is 0 Å². The molecule has 2 atom stereocenters.